The van der Waals surface area contributed by atoms with Gasteiger partial charge in [-0.3, -0.25) is 0 Å². The Hall–Kier alpha value is -2.69. The zero-order valence-electron chi connectivity index (χ0n) is 16.0. The number of hydrogen-bond donors (Lipinski definition) is 1. The van der Waals surface area contributed by atoms with Crippen LogP contribution in [-0.4, -0.2) is 66.9 Å². The molecular formula is C18H21F3N6OS. The molecule has 0 aliphatic carbocycles. The average molecular weight is 426 g/mol. The summed E-state index contributed by atoms with van der Waals surface area (Å²) in [5, 5.41) is 11.1. The zero-order valence-corrected chi connectivity index (χ0v) is 16.8. The van der Waals surface area contributed by atoms with E-state index in [4.69, 9.17) is 0 Å². The topological polar surface area (TPSA) is 64.6 Å². The maximum absolute atomic E-state index is 12.4. The number of nitrogens with zero attached hydrogens (tertiary/aromatic N) is 5. The second kappa shape index (κ2) is 8.76. The number of piperazine rings is 1. The first-order valence-corrected chi connectivity index (χ1v) is 9.71. The minimum Gasteiger partial charge on any atom is -0.361 e. The van der Waals surface area contributed by atoms with E-state index < -0.39 is 5.51 Å². The summed E-state index contributed by atoms with van der Waals surface area (Å²) in [5.41, 5.74) is -3.88. The van der Waals surface area contributed by atoms with Crippen molar-refractivity contribution in [3.63, 3.8) is 0 Å². The Balaban J connectivity index is 1.51. The molecule has 7 nitrogen and oxygen atoms in total. The highest BCUT2D eigenvalue weighted by Gasteiger charge is 2.29. The van der Waals surface area contributed by atoms with E-state index in [1.807, 2.05) is 31.1 Å². The number of nitrogens with one attached hydrogen (secondary N) is 1. The number of carbonyl (C=O) groups excluding carboxylic acids is 1. The van der Waals surface area contributed by atoms with E-state index in [1.165, 1.54) is 24.3 Å². The smallest absolute Gasteiger partial charge is 0.361 e. The number of urea groups is 1. The molecule has 0 radical (unpaired) electrons. The number of hydrogen-bond acceptors (Lipinski definition) is 6. The molecule has 1 aromatic heterocycles. The first-order valence-electron chi connectivity index (χ1n) is 8.89. The van der Waals surface area contributed by atoms with Gasteiger partial charge in [0, 0.05) is 50.9 Å². The lowest BCUT2D eigenvalue weighted by molar-refractivity contribution is -0.0328. The Morgan fingerprint density at radius 1 is 1.03 bits per heavy atom. The lowest BCUT2D eigenvalue weighted by atomic mass is 10.3. The minimum atomic E-state index is -4.33. The van der Waals surface area contributed by atoms with Crippen LogP contribution >= 0.6 is 11.8 Å². The number of thioether (sulfide) groups is 1. The molecule has 1 saturated heterocycles. The van der Waals surface area contributed by atoms with Gasteiger partial charge in [-0.25, -0.2) is 4.79 Å². The third-order valence-electron chi connectivity index (χ3n) is 4.32. The van der Waals surface area contributed by atoms with E-state index in [-0.39, 0.29) is 22.7 Å². The van der Waals surface area contributed by atoms with Gasteiger partial charge in [-0.15, -0.1) is 10.2 Å². The predicted octanol–water partition coefficient (Wildman–Crippen LogP) is 3.51. The number of anilines is 3. The largest absolute Gasteiger partial charge is 0.446 e. The number of alkyl halides is 3. The summed E-state index contributed by atoms with van der Waals surface area (Å²) in [6, 6.07) is 9.10. The van der Waals surface area contributed by atoms with Gasteiger partial charge >= 0.3 is 11.5 Å². The number of benzene rings is 1. The number of carbonyl (C=O) groups is 1. The molecule has 1 aliphatic rings. The Bertz CT molecular complexity index is 821. The fourth-order valence-corrected chi connectivity index (χ4v) is 3.35. The van der Waals surface area contributed by atoms with Crippen LogP contribution in [0.2, 0.25) is 0 Å². The van der Waals surface area contributed by atoms with Crippen molar-refractivity contribution in [3.8, 4) is 0 Å². The van der Waals surface area contributed by atoms with Crippen molar-refractivity contribution >= 4 is 35.1 Å². The molecular weight excluding hydrogens is 405 g/mol. The summed E-state index contributed by atoms with van der Waals surface area (Å²) < 4.78 is 37.1. The molecule has 0 atom stereocenters. The standard InChI is InChI=1S/C18H21F3N6OS/c1-25(2)15-7-8-16(24-23-15)26-9-11-27(12-10-26)17(28)22-13-3-5-14(6-4-13)29-18(19,20)21/h3-8H,9-12H2,1-2H3,(H,22,28). The van der Waals surface area contributed by atoms with Gasteiger partial charge < -0.3 is 20.0 Å². The lowest BCUT2D eigenvalue weighted by Crippen LogP contribution is -2.50. The van der Waals surface area contributed by atoms with E-state index in [0.717, 1.165) is 11.6 Å². The molecule has 0 unspecified atom stereocenters. The Kier molecular flexibility index (Phi) is 6.36. The Morgan fingerprint density at radius 2 is 1.69 bits per heavy atom. The van der Waals surface area contributed by atoms with Crippen LogP contribution in [0.1, 0.15) is 0 Å². The number of halogens is 3. The van der Waals surface area contributed by atoms with E-state index in [0.29, 0.717) is 31.9 Å². The van der Waals surface area contributed by atoms with Gasteiger partial charge in [0.25, 0.3) is 0 Å². The quantitative estimate of drug-likeness (QED) is 0.755. The monoisotopic (exact) mass is 426 g/mol. The van der Waals surface area contributed by atoms with Gasteiger partial charge in [0.05, 0.1) is 0 Å². The fourth-order valence-electron chi connectivity index (χ4n) is 2.81. The summed E-state index contributed by atoms with van der Waals surface area (Å²) in [5.74, 6) is 1.53. The maximum atomic E-state index is 12.4. The molecule has 0 bridgehead atoms. The van der Waals surface area contributed by atoms with E-state index >= 15 is 0 Å². The predicted molar refractivity (Wildman–Crippen MR) is 108 cm³/mol. The summed E-state index contributed by atoms with van der Waals surface area (Å²) in [6.45, 7) is 2.24. The zero-order chi connectivity index (χ0) is 21.0. The van der Waals surface area contributed by atoms with Crippen molar-refractivity contribution in [2.75, 3.05) is 55.4 Å². The Labute approximate surface area is 170 Å². The maximum Gasteiger partial charge on any atom is 0.446 e. The molecule has 11 heteroatoms. The summed E-state index contributed by atoms with van der Waals surface area (Å²) in [6.07, 6.45) is 0. The van der Waals surface area contributed by atoms with Crippen LogP contribution < -0.4 is 15.1 Å². The highest BCUT2D eigenvalue weighted by molar-refractivity contribution is 8.00. The molecule has 2 amide bonds. The molecule has 0 saturated carbocycles. The highest BCUT2D eigenvalue weighted by atomic mass is 32.2. The summed E-state index contributed by atoms with van der Waals surface area (Å²) >= 11 is -0.185. The second-order valence-electron chi connectivity index (χ2n) is 6.62. The Morgan fingerprint density at radius 3 is 2.21 bits per heavy atom. The van der Waals surface area contributed by atoms with Gasteiger partial charge in [0.15, 0.2) is 11.6 Å². The molecule has 156 valence electrons. The molecule has 2 heterocycles. The van der Waals surface area contributed by atoms with Crippen LogP contribution in [0.3, 0.4) is 0 Å². The molecule has 1 aliphatic heterocycles. The van der Waals surface area contributed by atoms with E-state index in [2.05, 4.69) is 20.4 Å². The van der Waals surface area contributed by atoms with Crippen LogP contribution in [0, 0.1) is 0 Å². The SMILES string of the molecule is CN(C)c1ccc(N2CCN(C(=O)Nc3ccc(SC(F)(F)F)cc3)CC2)nn1. The average Bonchev–Trinajstić information content (AvgIpc) is 2.68. The summed E-state index contributed by atoms with van der Waals surface area (Å²) in [4.78, 5) is 18.1. The molecule has 3 rings (SSSR count). The number of aromatic nitrogens is 2. The summed E-state index contributed by atoms with van der Waals surface area (Å²) in [7, 11) is 3.79. The van der Waals surface area contributed by atoms with Crippen molar-refractivity contribution in [1.29, 1.82) is 0 Å². The van der Waals surface area contributed by atoms with Crippen LogP contribution in [0.15, 0.2) is 41.3 Å². The van der Waals surface area contributed by atoms with Crippen molar-refractivity contribution in [2.45, 2.75) is 10.4 Å². The van der Waals surface area contributed by atoms with Crippen molar-refractivity contribution in [3.05, 3.63) is 36.4 Å². The van der Waals surface area contributed by atoms with Gasteiger partial charge in [-0.05, 0) is 48.2 Å². The first-order chi connectivity index (χ1) is 13.7. The fraction of sp³-hybridized carbons (Fsp3) is 0.389. The second-order valence-corrected chi connectivity index (χ2v) is 7.76. The molecule has 29 heavy (non-hydrogen) atoms. The van der Waals surface area contributed by atoms with E-state index in [9.17, 15) is 18.0 Å². The first kappa shape index (κ1) is 21.0. The lowest BCUT2D eigenvalue weighted by Gasteiger charge is -2.35. The molecule has 0 spiro atoms. The van der Waals surface area contributed by atoms with Crippen LogP contribution in [0.5, 0.6) is 0 Å². The third kappa shape index (κ3) is 5.89. The van der Waals surface area contributed by atoms with Gasteiger partial charge in [-0.1, -0.05) is 0 Å². The number of amides is 2. The molecule has 1 aromatic carbocycles. The molecule has 1 fully saturated rings. The third-order valence-corrected chi connectivity index (χ3v) is 5.06. The molecule has 1 N–H and O–H groups in total. The minimum absolute atomic E-state index is 0.0745. The van der Waals surface area contributed by atoms with E-state index in [1.54, 1.807) is 4.90 Å². The normalized spacial score (nSPS) is 14.7. The van der Waals surface area contributed by atoms with Crippen molar-refractivity contribution in [1.82, 2.24) is 15.1 Å². The van der Waals surface area contributed by atoms with Gasteiger partial charge in [0.2, 0.25) is 0 Å². The van der Waals surface area contributed by atoms with Crippen LogP contribution in [-0.2, 0) is 0 Å². The van der Waals surface area contributed by atoms with Gasteiger partial charge in [-0.2, -0.15) is 13.2 Å². The van der Waals surface area contributed by atoms with Crippen molar-refractivity contribution < 1.29 is 18.0 Å². The highest BCUT2D eigenvalue weighted by Crippen LogP contribution is 2.37. The van der Waals surface area contributed by atoms with Crippen molar-refractivity contribution in [2.24, 2.45) is 0 Å². The number of rotatable bonds is 4. The molecule has 2 aromatic rings. The van der Waals surface area contributed by atoms with Crippen LogP contribution in [0.25, 0.3) is 0 Å². The van der Waals surface area contributed by atoms with Gasteiger partial charge in [0.1, 0.15) is 0 Å². The van der Waals surface area contributed by atoms with Crippen LogP contribution in [0.4, 0.5) is 35.3 Å².